The zero-order valence-corrected chi connectivity index (χ0v) is 12.1. The van der Waals surface area contributed by atoms with E-state index in [9.17, 15) is 10.1 Å². The van der Waals surface area contributed by atoms with Gasteiger partial charge >= 0.3 is 0 Å². The Morgan fingerprint density at radius 2 is 1.86 bits per heavy atom. The highest BCUT2D eigenvalue weighted by Crippen LogP contribution is 2.38. The molecule has 3 rings (SSSR count). The fourth-order valence-corrected chi connectivity index (χ4v) is 2.60. The molecule has 1 aliphatic rings. The Morgan fingerprint density at radius 1 is 1.10 bits per heavy atom. The Hall–Kier alpha value is -2.04. The Bertz CT molecular complexity index is 758. The van der Waals surface area contributed by atoms with Gasteiger partial charge in [-0.1, -0.05) is 35.3 Å². The molecule has 1 heterocycles. The van der Waals surface area contributed by atoms with Crippen molar-refractivity contribution in [3.8, 4) is 5.75 Å². The van der Waals surface area contributed by atoms with Crippen molar-refractivity contribution in [2.75, 3.05) is 0 Å². The van der Waals surface area contributed by atoms with E-state index in [1.54, 1.807) is 42.5 Å². The third kappa shape index (κ3) is 2.73. The van der Waals surface area contributed by atoms with Crippen LogP contribution in [0.2, 0.25) is 10.0 Å². The smallest absolute Gasteiger partial charge is 0.291 e. The summed E-state index contributed by atoms with van der Waals surface area (Å²) in [4.78, 5) is 10.9. The van der Waals surface area contributed by atoms with E-state index in [1.807, 2.05) is 0 Å². The van der Waals surface area contributed by atoms with Crippen LogP contribution in [0.5, 0.6) is 5.75 Å². The summed E-state index contributed by atoms with van der Waals surface area (Å²) in [7, 11) is 0. The third-order valence-corrected chi connectivity index (χ3v) is 3.62. The van der Waals surface area contributed by atoms with E-state index in [4.69, 9.17) is 27.9 Å². The third-order valence-electron chi connectivity index (χ3n) is 3.15. The lowest BCUT2D eigenvalue weighted by molar-refractivity contribution is -0.434. The van der Waals surface area contributed by atoms with Crippen LogP contribution < -0.4 is 4.74 Å². The van der Waals surface area contributed by atoms with E-state index in [1.165, 1.54) is 6.08 Å². The predicted molar refractivity (Wildman–Crippen MR) is 81.2 cm³/mol. The zero-order chi connectivity index (χ0) is 15.0. The van der Waals surface area contributed by atoms with Crippen LogP contribution in [0.1, 0.15) is 17.2 Å². The fraction of sp³-hybridized carbons (Fsp3) is 0.0667. The summed E-state index contributed by atoms with van der Waals surface area (Å²) in [6.07, 6.45) is 0.684. The molecule has 21 heavy (non-hydrogen) atoms. The van der Waals surface area contributed by atoms with Crippen molar-refractivity contribution in [2.24, 2.45) is 0 Å². The van der Waals surface area contributed by atoms with Crippen molar-refractivity contribution in [1.82, 2.24) is 0 Å². The maximum Gasteiger partial charge on any atom is 0.291 e. The summed E-state index contributed by atoms with van der Waals surface area (Å²) in [5.41, 5.74) is 1.17. The van der Waals surface area contributed by atoms with Gasteiger partial charge < -0.3 is 4.74 Å². The van der Waals surface area contributed by atoms with Crippen LogP contribution in [-0.2, 0) is 0 Å². The molecule has 0 aliphatic carbocycles. The second kappa shape index (κ2) is 5.39. The number of hydrogen-bond acceptors (Lipinski definition) is 3. The van der Waals surface area contributed by atoms with Crippen LogP contribution >= 0.6 is 23.2 Å². The van der Waals surface area contributed by atoms with E-state index in [-0.39, 0.29) is 5.70 Å². The van der Waals surface area contributed by atoms with Crippen molar-refractivity contribution in [3.05, 3.63) is 79.4 Å². The summed E-state index contributed by atoms with van der Waals surface area (Å²) < 4.78 is 5.77. The highest BCUT2D eigenvalue weighted by atomic mass is 35.5. The van der Waals surface area contributed by atoms with Gasteiger partial charge in [-0.05, 0) is 30.3 Å². The molecule has 2 aromatic carbocycles. The predicted octanol–water partition coefficient (Wildman–Crippen LogP) is 4.74. The average Bonchev–Trinajstić information content (AvgIpc) is 2.45. The van der Waals surface area contributed by atoms with Gasteiger partial charge in [-0.3, -0.25) is 10.1 Å². The molecule has 0 saturated carbocycles. The number of hydrogen-bond donors (Lipinski definition) is 0. The minimum atomic E-state index is -0.799. The van der Waals surface area contributed by atoms with Crippen molar-refractivity contribution >= 4 is 29.3 Å². The highest BCUT2D eigenvalue weighted by Gasteiger charge is 2.33. The number of fused-ring (bicyclic) bond motifs is 1. The van der Waals surface area contributed by atoms with E-state index < -0.39 is 11.0 Å². The Kier molecular flexibility index (Phi) is 3.57. The van der Waals surface area contributed by atoms with E-state index in [2.05, 4.69) is 0 Å². The topological polar surface area (TPSA) is 52.4 Å². The average molecular weight is 322 g/mol. The van der Waals surface area contributed by atoms with Crippen molar-refractivity contribution in [1.29, 1.82) is 0 Å². The molecular formula is C15H9Cl2NO3. The van der Waals surface area contributed by atoms with Crippen molar-refractivity contribution < 1.29 is 9.66 Å². The van der Waals surface area contributed by atoms with Crippen LogP contribution in [0.25, 0.3) is 6.08 Å². The van der Waals surface area contributed by atoms with E-state index in [0.29, 0.717) is 26.9 Å². The van der Waals surface area contributed by atoms with Crippen LogP contribution in [0.3, 0.4) is 0 Å². The van der Waals surface area contributed by atoms with Crippen molar-refractivity contribution in [3.63, 3.8) is 0 Å². The first-order valence-electron chi connectivity index (χ1n) is 6.12. The summed E-state index contributed by atoms with van der Waals surface area (Å²) >= 11 is 11.9. The molecule has 0 aromatic heterocycles. The fourth-order valence-electron chi connectivity index (χ4n) is 2.22. The number of ether oxygens (including phenoxy) is 1. The van der Waals surface area contributed by atoms with Crippen molar-refractivity contribution in [2.45, 2.75) is 6.10 Å². The molecule has 106 valence electrons. The first-order valence-corrected chi connectivity index (χ1v) is 6.88. The first kappa shape index (κ1) is 13.9. The lowest BCUT2D eigenvalue weighted by atomic mass is 10.0. The normalized spacial score (nSPS) is 16.7. The molecule has 1 unspecified atom stereocenters. The van der Waals surface area contributed by atoms with Gasteiger partial charge in [0.25, 0.3) is 5.70 Å². The summed E-state index contributed by atoms with van der Waals surface area (Å²) in [6, 6.07) is 11.9. The molecular weight excluding hydrogens is 313 g/mol. The standard InChI is InChI=1S/C15H9Cl2NO3/c16-11-3-1-2-9(6-11)15-13(18(19)20)8-10-7-12(17)4-5-14(10)21-15/h1-8,15H. The highest BCUT2D eigenvalue weighted by molar-refractivity contribution is 6.31. The Balaban J connectivity index is 2.11. The van der Waals surface area contributed by atoms with Gasteiger partial charge in [0.1, 0.15) is 5.75 Å². The largest absolute Gasteiger partial charge is 0.474 e. The monoisotopic (exact) mass is 321 g/mol. The number of nitro groups is 1. The molecule has 6 heteroatoms. The molecule has 1 atom stereocenters. The minimum Gasteiger partial charge on any atom is -0.474 e. The summed E-state index contributed by atoms with van der Waals surface area (Å²) in [5, 5.41) is 12.3. The van der Waals surface area contributed by atoms with Crippen LogP contribution in [0.4, 0.5) is 0 Å². The number of nitrogens with zero attached hydrogens (tertiary/aromatic N) is 1. The Labute approximate surface area is 130 Å². The molecule has 2 aromatic rings. The lowest BCUT2D eigenvalue weighted by Gasteiger charge is -2.22. The summed E-state index contributed by atoms with van der Waals surface area (Å²) in [5.74, 6) is 0.551. The van der Waals surface area contributed by atoms with Crippen LogP contribution in [0, 0.1) is 10.1 Å². The second-order valence-corrected chi connectivity index (χ2v) is 5.43. The molecule has 0 fully saturated rings. The zero-order valence-electron chi connectivity index (χ0n) is 10.6. The Morgan fingerprint density at radius 3 is 2.57 bits per heavy atom. The minimum absolute atomic E-state index is 0.0490. The number of rotatable bonds is 2. The van der Waals surface area contributed by atoms with Crippen LogP contribution in [0.15, 0.2) is 48.2 Å². The molecule has 0 amide bonds. The van der Waals surface area contributed by atoms with Gasteiger partial charge in [0.05, 0.1) is 4.92 Å². The molecule has 0 spiro atoms. The van der Waals surface area contributed by atoms with Gasteiger partial charge in [0, 0.05) is 27.2 Å². The van der Waals surface area contributed by atoms with Gasteiger partial charge in [0.15, 0.2) is 0 Å². The second-order valence-electron chi connectivity index (χ2n) is 4.56. The number of benzene rings is 2. The summed E-state index contributed by atoms with van der Waals surface area (Å²) in [6.45, 7) is 0. The first-order chi connectivity index (χ1) is 10.0. The maximum absolute atomic E-state index is 11.3. The quantitative estimate of drug-likeness (QED) is 0.592. The molecule has 0 saturated heterocycles. The molecule has 0 radical (unpaired) electrons. The van der Waals surface area contributed by atoms with Crippen LogP contribution in [-0.4, -0.2) is 4.92 Å². The molecule has 4 nitrogen and oxygen atoms in total. The van der Waals surface area contributed by atoms with Gasteiger partial charge in [0.2, 0.25) is 6.10 Å². The van der Waals surface area contributed by atoms with Gasteiger partial charge in [-0.25, -0.2) is 0 Å². The maximum atomic E-state index is 11.3. The lowest BCUT2D eigenvalue weighted by Crippen LogP contribution is -2.19. The molecule has 0 bridgehead atoms. The SMILES string of the molecule is O=[N+]([O-])C1=Cc2cc(Cl)ccc2OC1c1cccc(Cl)c1. The van der Waals surface area contributed by atoms with Gasteiger partial charge in [-0.15, -0.1) is 0 Å². The molecule has 0 N–H and O–H groups in total. The van der Waals surface area contributed by atoms with E-state index in [0.717, 1.165) is 0 Å². The van der Waals surface area contributed by atoms with Gasteiger partial charge in [-0.2, -0.15) is 0 Å². The molecule has 1 aliphatic heterocycles. The van der Waals surface area contributed by atoms with E-state index >= 15 is 0 Å². The number of halogens is 2.